The highest BCUT2D eigenvalue weighted by atomic mass is 32.2. The first-order valence-electron chi connectivity index (χ1n) is 10.8. The van der Waals surface area contributed by atoms with Gasteiger partial charge in [0.1, 0.15) is 0 Å². The molecule has 7 heteroatoms. The van der Waals surface area contributed by atoms with Crippen LogP contribution < -0.4 is 4.72 Å². The fourth-order valence-corrected chi connectivity index (χ4v) is 4.73. The second kappa shape index (κ2) is 9.24. The zero-order valence-corrected chi connectivity index (χ0v) is 18.6. The summed E-state index contributed by atoms with van der Waals surface area (Å²) in [4.78, 5) is 18.0. The van der Waals surface area contributed by atoms with E-state index in [1.165, 1.54) is 11.8 Å². The first kappa shape index (κ1) is 21.6. The standard InChI is InChI=1S/C24H29N3O3S/c1-31(29,30)26-13-8-18-2-4-19(5-3-18)16-20-10-14-27(15-11-20)24(28)22-7-6-21-9-12-25-23(21)17-22/h2-7,9,12,17,20,25-26H,8,10-11,13-16H2,1H3. The fourth-order valence-electron chi connectivity index (χ4n) is 4.26. The molecule has 2 N–H and O–H groups in total. The number of fused-ring (bicyclic) bond motifs is 1. The first-order valence-corrected chi connectivity index (χ1v) is 12.7. The molecule has 0 radical (unpaired) electrons. The van der Waals surface area contributed by atoms with Crippen LogP contribution in [0.15, 0.2) is 54.7 Å². The van der Waals surface area contributed by atoms with Crippen LogP contribution in [0.5, 0.6) is 0 Å². The molecule has 164 valence electrons. The Kier molecular flexibility index (Phi) is 6.43. The van der Waals surface area contributed by atoms with Crippen LogP contribution in [0.4, 0.5) is 0 Å². The zero-order chi connectivity index (χ0) is 21.8. The first-order chi connectivity index (χ1) is 14.9. The topological polar surface area (TPSA) is 82.3 Å². The van der Waals surface area contributed by atoms with Crippen molar-refractivity contribution < 1.29 is 13.2 Å². The SMILES string of the molecule is CS(=O)(=O)NCCc1ccc(CC2CCN(C(=O)c3ccc4cc[nH]c4c3)CC2)cc1. The minimum absolute atomic E-state index is 0.113. The average Bonchev–Trinajstić information content (AvgIpc) is 3.22. The van der Waals surface area contributed by atoms with E-state index in [9.17, 15) is 13.2 Å². The van der Waals surface area contributed by atoms with Crippen molar-refractivity contribution in [1.82, 2.24) is 14.6 Å². The van der Waals surface area contributed by atoms with Crippen molar-refractivity contribution in [3.8, 4) is 0 Å². The molecule has 0 saturated carbocycles. The molecular weight excluding hydrogens is 410 g/mol. The highest BCUT2D eigenvalue weighted by molar-refractivity contribution is 7.88. The summed E-state index contributed by atoms with van der Waals surface area (Å²) in [6, 6.07) is 16.3. The summed E-state index contributed by atoms with van der Waals surface area (Å²) in [7, 11) is -3.14. The van der Waals surface area contributed by atoms with Crippen LogP contribution in [0.3, 0.4) is 0 Å². The molecule has 3 aromatic rings. The molecule has 0 bridgehead atoms. The maximum Gasteiger partial charge on any atom is 0.253 e. The molecule has 2 aromatic carbocycles. The minimum atomic E-state index is -3.14. The molecule has 0 unspecified atom stereocenters. The van der Waals surface area contributed by atoms with Gasteiger partial charge in [-0.1, -0.05) is 30.3 Å². The number of benzene rings is 2. The number of amides is 1. The Bertz CT molecular complexity index is 1140. The lowest BCUT2D eigenvalue weighted by Gasteiger charge is -2.32. The highest BCUT2D eigenvalue weighted by Gasteiger charge is 2.24. The summed E-state index contributed by atoms with van der Waals surface area (Å²) in [6.07, 6.45) is 6.78. The molecule has 1 amide bonds. The van der Waals surface area contributed by atoms with Crippen molar-refractivity contribution in [2.75, 3.05) is 25.9 Å². The van der Waals surface area contributed by atoms with Crippen molar-refractivity contribution in [3.63, 3.8) is 0 Å². The fraction of sp³-hybridized carbons (Fsp3) is 0.375. The molecule has 0 aliphatic carbocycles. The monoisotopic (exact) mass is 439 g/mol. The summed E-state index contributed by atoms with van der Waals surface area (Å²) in [5.41, 5.74) is 4.16. The van der Waals surface area contributed by atoms with E-state index in [1.54, 1.807) is 0 Å². The van der Waals surface area contributed by atoms with Crippen LogP contribution in [0.25, 0.3) is 10.9 Å². The maximum atomic E-state index is 12.9. The number of hydrogen-bond acceptors (Lipinski definition) is 3. The van der Waals surface area contributed by atoms with Gasteiger partial charge in [0.25, 0.3) is 5.91 Å². The molecule has 1 fully saturated rings. The summed E-state index contributed by atoms with van der Waals surface area (Å²) in [5, 5.41) is 1.12. The van der Waals surface area contributed by atoms with Crippen LogP contribution >= 0.6 is 0 Å². The molecule has 0 atom stereocenters. The van der Waals surface area contributed by atoms with E-state index in [0.717, 1.165) is 54.4 Å². The lowest BCUT2D eigenvalue weighted by Crippen LogP contribution is -2.38. The molecule has 0 spiro atoms. The van der Waals surface area contributed by atoms with E-state index >= 15 is 0 Å². The van der Waals surface area contributed by atoms with Crippen LogP contribution in [0, 0.1) is 5.92 Å². The van der Waals surface area contributed by atoms with Crippen LogP contribution in [-0.2, 0) is 22.9 Å². The Morgan fingerprint density at radius 1 is 1.06 bits per heavy atom. The quantitative estimate of drug-likeness (QED) is 0.592. The number of likely N-dealkylation sites (tertiary alicyclic amines) is 1. The minimum Gasteiger partial charge on any atom is -0.361 e. The van der Waals surface area contributed by atoms with Crippen molar-refractivity contribution in [1.29, 1.82) is 0 Å². The molecule has 4 rings (SSSR count). The Hall–Kier alpha value is -2.64. The highest BCUT2D eigenvalue weighted by Crippen LogP contribution is 2.24. The van der Waals surface area contributed by atoms with Gasteiger partial charge in [-0.3, -0.25) is 4.79 Å². The van der Waals surface area contributed by atoms with Gasteiger partial charge >= 0.3 is 0 Å². The summed E-state index contributed by atoms with van der Waals surface area (Å²) in [5.74, 6) is 0.690. The summed E-state index contributed by atoms with van der Waals surface area (Å²) < 4.78 is 24.8. The number of sulfonamides is 1. The van der Waals surface area contributed by atoms with Gasteiger partial charge < -0.3 is 9.88 Å². The van der Waals surface area contributed by atoms with Crippen LogP contribution in [0.1, 0.15) is 34.3 Å². The Balaban J connectivity index is 1.26. The lowest BCUT2D eigenvalue weighted by atomic mass is 9.89. The predicted molar refractivity (Wildman–Crippen MR) is 124 cm³/mol. The average molecular weight is 440 g/mol. The van der Waals surface area contributed by atoms with E-state index in [-0.39, 0.29) is 5.91 Å². The second-order valence-electron chi connectivity index (χ2n) is 8.45. The van der Waals surface area contributed by atoms with Crippen LogP contribution in [-0.4, -0.2) is 50.1 Å². The summed E-state index contributed by atoms with van der Waals surface area (Å²) in [6.45, 7) is 2.00. The molecule has 6 nitrogen and oxygen atoms in total. The van der Waals surface area contributed by atoms with Gasteiger partial charge in [-0.25, -0.2) is 13.1 Å². The normalized spacial score (nSPS) is 15.5. The number of aromatic amines is 1. The van der Waals surface area contributed by atoms with Crippen LogP contribution in [0.2, 0.25) is 0 Å². The van der Waals surface area contributed by atoms with Gasteiger partial charge in [0.2, 0.25) is 10.0 Å². The largest absolute Gasteiger partial charge is 0.361 e. The third kappa shape index (κ3) is 5.74. The number of rotatable bonds is 7. The molecule has 1 aromatic heterocycles. The van der Waals surface area contributed by atoms with Crippen molar-refractivity contribution in [2.45, 2.75) is 25.7 Å². The Morgan fingerprint density at radius 2 is 1.77 bits per heavy atom. The van der Waals surface area contributed by atoms with Gasteiger partial charge in [0.05, 0.1) is 6.26 Å². The van der Waals surface area contributed by atoms with E-state index < -0.39 is 10.0 Å². The summed E-state index contributed by atoms with van der Waals surface area (Å²) >= 11 is 0. The Labute approximate surface area is 183 Å². The second-order valence-corrected chi connectivity index (χ2v) is 10.3. The molecule has 2 heterocycles. The smallest absolute Gasteiger partial charge is 0.253 e. The van der Waals surface area contributed by atoms with Crippen molar-refractivity contribution >= 4 is 26.8 Å². The van der Waals surface area contributed by atoms with E-state index in [1.807, 2.05) is 35.4 Å². The number of carbonyl (C=O) groups is 1. The molecule has 1 aliphatic heterocycles. The van der Waals surface area contributed by atoms with Gasteiger partial charge in [-0.05, 0) is 66.3 Å². The van der Waals surface area contributed by atoms with E-state index in [0.29, 0.717) is 18.9 Å². The van der Waals surface area contributed by atoms with Crippen molar-refractivity contribution in [3.05, 3.63) is 71.4 Å². The van der Waals surface area contributed by atoms with Gasteiger partial charge in [-0.2, -0.15) is 0 Å². The zero-order valence-electron chi connectivity index (χ0n) is 17.8. The van der Waals surface area contributed by atoms with Gasteiger partial charge in [-0.15, -0.1) is 0 Å². The van der Waals surface area contributed by atoms with Gasteiger partial charge in [0.15, 0.2) is 0 Å². The Morgan fingerprint density at radius 3 is 2.48 bits per heavy atom. The van der Waals surface area contributed by atoms with E-state index in [4.69, 9.17) is 0 Å². The van der Waals surface area contributed by atoms with Gasteiger partial charge in [0, 0.05) is 36.9 Å². The lowest BCUT2D eigenvalue weighted by molar-refractivity contribution is 0.0690. The number of carbonyl (C=O) groups excluding carboxylic acids is 1. The number of hydrogen-bond donors (Lipinski definition) is 2. The predicted octanol–water partition coefficient (Wildman–Crippen LogP) is 3.35. The number of nitrogens with zero attached hydrogens (tertiary/aromatic N) is 1. The number of aromatic nitrogens is 1. The molecular formula is C24H29N3O3S. The molecule has 31 heavy (non-hydrogen) atoms. The third-order valence-corrected chi connectivity index (χ3v) is 6.76. The van der Waals surface area contributed by atoms with Crippen molar-refractivity contribution in [2.24, 2.45) is 5.92 Å². The molecule has 1 aliphatic rings. The molecule has 1 saturated heterocycles. The third-order valence-electron chi connectivity index (χ3n) is 6.03. The number of H-pyrrole nitrogens is 1. The van der Waals surface area contributed by atoms with E-state index in [2.05, 4.69) is 34.0 Å². The number of nitrogens with one attached hydrogen (secondary N) is 2. The number of piperidine rings is 1. The maximum absolute atomic E-state index is 12.9.